The molecule has 4 aromatic heterocycles. The molecule has 0 saturated carbocycles. The van der Waals surface area contributed by atoms with Gasteiger partial charge in [0.15, 0.2) is 5.82 Å². The number of rotatable bonds is 9. The molecule has 1 N–H and O–H groups in total. The van der Waals surface area contributed by atoms with Crippen LogP contribution in [-0.4, -0.2) is 74.4 Å². The van der Waals surface area contributed by atoms with Gasteiger partial charge in [0.25, 0.3) is 0 Å². The Labute approximate surface area is 251 Å². The van der Waals surface area contributed by atoms with Gasteiger partial charge in [-0.2, -0.15) is 9.40 Å². The number of fused-ring (bicyclic) bond motifs is 1. The van der Waals surface area contributed by atoms with Gasteiger partial charge in [-0.15, -0.1) is 0 Å². The van der Waals surface area contributed by atoms with Crippen molar-refractivity contribution in [3.8, 4) is 11.4 Å². The standard InChI is InChI=1S/C31H35N9O2S/c1-20(2)24-8-9-27(40-19-28(21(40)3)38(4)43(5,41)42)26-16-34-30(13-25(24)26)36-29-10-12-33-31(37-29)23-15-35-39(18-23)17-22-7-6-11-32-14-22/h6-16,18,20-21,28H,17,19H2,1-5H3,(H,33,34,36,37)/t21-,28+/m1/s1. The van der Waals surface area contributed by atoms with Gasteiger partial charge in [0.1, 0.15) is 11.6 Å². The first-order valence-corrected chi connectivity index (χ1v) is 16.1. The van der Waals surface area contributed by atoms with Crippen LogP contribution in [0.15, 0.2) is 73.6 Å². The van der Waals surface area contributed by atoms with E-state index in [4.69, 9.17) is 9.97 Å². The fraction of sp³-hybridized carbons (Fsp3) is 0.323. The van der Waals surface area contributed by atoms with E-state index in [1.54, 1.807) is 25.6 Å². The smallest absolute Gasteiger partial charge is 0.211 e. The van der Waals surface area contributed by atoms with Crippen LogP contribution in [0.25, 0.3) is 22.2 Å². The van der Waals surface area contributed by atoms with Crippen molar-refractivity contribution in [2.75, 3.05) is 30.1 Å². The van der Waals surface area contributed by atoms with Gasteiger partial charge in [0, 0.05) is 61.7 Å². The third-order valence-corrected chi connectivity index (χ3v) is 9.45. The highest BCUT2D eigenvalue weighted by atomic mass is 32.2. The van der Waals surface area contributed by atoms with Gasteiger partial charge in [-0.25, -0.2) is 23.4 Å². The molecule has 0 bridgehead atoms. The van der Waals surface area contributed by atoms with Crippen molar-refractivity contribution in [1.29, 1.82) is 0 Å². The van der Waals surface area contributed by atoms with Gasteiger partial charge < -0.3 is 10.2 Å². The first-order chi connectivity index (χ1) is 20.6. The second-order valence-electron chi connectivity index (χ2n) is 11.4. The van der Waals surface area contributed by atoms with Gasteiger partial charge in [-0.3, -0.25) is 9.67 Å². The summed E-state index contributed by atoms with van der Waals surface area (Å²) in [6, 6.07) is 12.1. The second kappa shape index (κ2) is 11.3. The summed E-state index contributed by atoms with van der Waals surface area (Å²) < 4.78 is 27.6. The number of hydrogen-bond donors (Lipinski definition) is 1. The monoisotopic (exact) mass is 597 g/mol. The summed E-state index contributed by atoms with van der Waals surface area (Å²) in [7, 11) is -1.61. The molecular weight excluding hydrogens is 562 g/mol. The van der Waals surface area contributed by atoms with E-state index in [1.807, 2.05) is 41.5 Å². The Balaban J connectivity index is 1.25. The number of aromatic nitrogens is 6. The minimum Gasteiger partial charge on any atom is -0.365 e. The van der Waals surface area contributed by atoms with Crippen molar-refractivity contribution >= 4 is 38.1 Å². The number of nitrogens with one attached hydrogen (secondary N) is 1. The molecule has 1 aromatic carbocycles. The lowest BCUT2D eigenvalue weighted by Crippen LogP contribution is -2.65. The van der Waals surface area contributed by atoms with Crippen LogP contribution in [0.3, 0.4) is 0 Å². The van der Waals surface area contributed by atoms with Crippen LogP contribution in [0.4, 0.5) is 17.3 Å². The molecule has 0 unspecified atom stereocenters. The maximum atomic E-state index is 12.1. The molecule has 0 aliphatic carbocycles. The van der Waals surface area contributed by atoms with E-state index in [0.29, 0.717) is 36.5 Å². The van der Waals surface area contributed by atoms with Crippen molar-refractivity contribution in [3.05, 3.63) is 84.7 Å². The zero-order chi connectivity index (χ0) is 30.3. The van der Waals surface area contributed by atoms with E-state index < -0.39 is 10.0 Å². The van der Waals surface area contributed by atoms with E-state index in [1.165, 1.54) is 16.1 Å². The fourth-order valence-electron chi connectivity index (χ4n) is 5.58. The Morgan fingerprint density at radius 1 is 1.05 bits per heavy atom. The summed E-state index contributed by atoms with van der Waals surface area (Å²) in [5, 5.41) is 9.96. The molecule has 12 heteroatoms. The molecule has 5 heterocycles. The van der Waals surface area contributed by atoms with Gasteiger partial charge in [-0.1, -0.05) is 26.0 Å². The molecular formula is C31H35N9O2S. The van der Waals surface area contributed by atoms with Crippen molar-refractivity contribution in [2.45, 2.75) is 45.3 Å². The van der Waals surface area contributed by atoms with Crippen molar-refractivity contribution in [2.24, 2.45) is 0 Å². The highest BCUT2D eigenvalue weighted by Crippen LogP contribution is 2.39. The maximum Gasteiger partial charge on any atom is 0.211 e. The average molecular weight is 598 g/mol. The average Bonchev–Trinajstić information content (AvgIpc) is 3.45. The first kappa shape index (κ1) is 28.7. The Morgan fingerprint density at radius 2 is 1.88 bits per heavy atom. The highest BCUT2D eigenvalue weighted by molar-refractivity contribution is 7.88. The fourth-order valence-corrected chi connectivity index (χ4v) is 6.32. The Hall–Kier alpha value is -4.42. The highest BCUT2D eigenvalue weighted by Gasteiger charge is 2.41. The third kappa shape index (κ3) is 5.80. The predicted octanol–water partition coefficient (Wildman–Crippen LogP) is 4.67. The molecule has 43 heavy (non-hydrogen) atoms. The summed E-state index contributed by atoms with van der Waals surface area (Å²) in [5.41, 5.74) is 4.14. The van der Waals surface area contributed by atoms with Crippen LogP contribution in [0.2, 0.25) is 0 Å². The number of anilines is 3. The second-order valence-corrected chi connectivity index (χ2v) is 13.4. The number of hydrogen-bond acceptors (Lipinski definition) is 9. The van der Waals surface area contributed by atoms with Crippen LogP contribution >= 0.6 is 0 Å². The maximum absolute atomic E-state index is 12.1. The molecule has 0 amide bonds. The van der Waals surface area contributed by atoms with Gasteiger partial charge in [0.05, 0.1) is 30.6 Å². The first-order valence-electron chi connectivity index (χ1n) is 14.2. The largest absolute Gasteiger partial charge is 0.365 e. The normalized spacial score (nSPS) is 17.0. The number of benzene rings is 1. The van der Waals surface area contributed by atoms with E-state index in [0.717, 1.165) is 27.6 Å². The summed E-state index contributed by atoms with van der Waals surface area (Å²) in [4.78, 5) is 20.4. The Kier molecular flexibility index (Phi) is 7.57. The van der Waals surface area contributed by atoms with Crippen LogP contribution in [0.5, 0.6) is 0 Å². The lowest BCUT2D eigenvalue weighted by Gasteiger charge is -2.51. The SMILES string of the molecule is CC(C)c1ccc(N2C[C@H](N(C)S(C)(=O)=O)[C@H]2C)c2cnc(Nc3ccnc(-c4cnn(Cc5cccnc5)c4)n3)cc12. The van der Waals surface area contributed by atoms with Gasteiger partial charge in [-0.05, 0) is 53.6 Å². The summed E-state index contributed by atoms with van der Waals surface area (Å²) >= 11 is 0. The lowest BCUT2D eigenvalue weighted by molar-refractivity contribution is 0.251. The molecule has 1 aliphatic rings. The molecule has 1 saturated heterocycles. The minimum absolute atomic E-state index is 0.0405. The molecule has 0 spiro atoms. The Morgan fingerprint density at radius 3 is 2.60 bits per heavy atom. The van der Waals surface area contributed by atoms with E-state index in [9.17, 15) is 8.42 Å². The van der Waals surface area contributed by atoms with Crippen LogP contribution in [0.1, 0.15) is 37.8 Å². The molecule has 0 radical (unpaired) electrons. The number of nitrogens with zero attached hydrogens (tertiary/aromatic N) is 8. The molecule has 6 rings (SSSR count). The number of sulfonamides is 1. The number of pyridine rings is 2. The van der Waals surface area contributed by atoms with Crippen molar-refractivity contribution in [1.82, 2.24) is 34.0 Å². The molecule has 2 atom stereocenters. The number of likely N-dealkylation sites (N-methyl/N-ethyl adjacent to an activating group) is 1. The van der Waals surface area contributed by atoms with Crippen LogP contribution in [0, 0.1) is 0 Å². The van der Waals surface area contributed by atoms with E-state index in [-0.39, 0.29) is 12.1 Å². The summed E-state index contributed by atoms with van der Waals surface area (Å²) in [6.07, 6.45) is 12.1. The predicted molar refractivity (Wildman–Crippen MR) is 169 cm³/mol. The topological polar surface area (TPSA) is 122 Å². The van der Waals surface area contributed by atoms with Crippen LogP contribution in [-0.2, 0) is 16.6 Å². The van der Waals surface area contributed by atoms with E-state index in [2.05, 4.69) is 64.3 Å². The molecule has 11 nitrogen and oxygen atoms in total. The Bertz CT molecular complexity index is 1880. The molecule has 5 aromatic rings. The van der Waals surface area contributed by atoms with E-state index >= 15 is 0 Å². The zero-order valence-electron chi connectivity index (χ0n) is 24.9. The molecule has 1 aliphatic heterocycles. The van der Waals surface area contributed by atoms with Gasteiger partial charge >= 0.3 is 0 Å². The van der Waals surface area contributed by atoms with Crippen molar-refractivity contribution in [3.63, 3.8) is 0 Å². The van der Waals surface area contributed by atoms with Gasteiger partial charge in [0.2, 0.25) is 10.0 Å². The lowest BCUT2D eigenvalue weighted by atomic mass is 9.92. The third-order valence-electron chi connectivity index (χ3n) is 8.14. The molecule has 1 fully saturated rings. The van der Waals surface area contributed by atoms with Crippen LogP contribution < -0.4 is 10.2 Å². The van der Waals surface area contributed by atoms with Crippen molar-refractivity contribution < 1.29 is 8.42 Å². The quantitative estimate of drug-likeness (QED) is 0.258. The summed E-state index contributed by atoms with van der Waals surface area (Å²) in [6.45, 7) is 7.66. The minimum atomic E-state index is -3.26. The molecule has 222 valence electrons. The summed E-state index contributed by atoms with van der Waals surface area (Å²) in [5.74, 6) is 2.17. The zero-order valence-corrected chi connectivity index (χ0v) is 25.7.